The Morgan fingerprint density at radius 3 is 2.64 bits per heavy atom. The van der Waals surface area contributed by atoms with Crippen molar-refractivity contribution in [1.29, 1.82) is 0 Å². The van der Waals surface area contributed by atoms with E-state index in [0.29, 0.717) is 16.1 Å². The van der Waals surface area contributed by atoms with Gasteiger partial charge in [0, 0.05) is 5.02 Å². The van der Waals surface area contributed by atoms with E-state index in [1.54, 1.807) is 10.7 Å². The number of nitrogens with one attached hydrogen (secondary N) is 1. The SMILES string of the molecule is CC(C)(C)n1ncc2c(=O)n(NC(=O)c3cc(Cl)ccc3Cl)cnc21. The van der Waals surface area contributed by atoms with Crippen molar-refractivity contribution in [2.75, 3.05) is 5.43 Å². The van der Waals surface area contributed by atoms with Crippen molar-refractivity contribution >= 4 is 40.1 Å². The Morgan fingerprint density at radius 2 is 1.96 bits per heavy atom. The van der Waals surface area contributed by atoms with E-state index in [9.17, 15) is 9.59 Å². The van der Waals surface area contributed by atoms with Crippen molar-refractivity contribution in [2.45, 2.75) is 26.3 Å². The molecule has 0 spiro atoms. The first-order valence-electron chi connectivity index (χ1n) is 7.41. The standard InChI is InChI=1S/C16H15Cl2N5O2/c1-16(2,3)23-13-11(7-20-23)15(25)22(8-19-13)21-14(24)10-6-9(17)4-5-12(10)18/h4-8H,1-3H3,(H,21,24). The number of rotatable bonds is 2. The molecular formula is C16H15Cl2N5O2. The summed E-state index contributed by atoms with van der Waals surface area (Å²) in [5, 5.41) is 5.11. The molecule has 130 valence electrons. The number of halogens is 2. The van der Waals surface area contributed by atoms with Crippen LogP contribution in [0.1, 0.15) is 31.1 Å². The van der Waals surface area contributed by atoms with Gasteiger partial charge in [-0.2, -0.15) is 5.10 Å². The van der Waals surface area contributed by atoms with Gasteiger partial charge in [0.05, 0.1) is 22.3 Å². The second-order valence-electron chi connectivity index (χ2n) is 6.45. The number of fused-ring (bicyclic) bond motifs is 1. The number of carbonyl (C=O) groups excluding carboxylic acids is 1. The summed E-state index contributed by atoms with van der Waals surface area (Å²) in [5.41, 5.74) is 2.30. The molecule has 2 heterocycles. The quantitative estimate of drug-likeness (QED) is 0.741. The second kappa shape index (κ2) is 6.16. The molecule has 1 amide bonds. The minimum absolute atomic E-state index is 0.159. The molecule has 0 radical (unpaired) electrons. The zero-order valence-corrected chi connectivity index (χ0v) is 15.3. The van der Waals surface area contributed by atoms with Crippen molar-refractivity contribution in [3.05, 3.63) is 56.7 Å². The average Bonchev–Trinajstić information content (AvgIpc) is 2.97. The predicted molar refractivity (Wildman–Crippen MR) is 96.9 cm³/mol. The average molecular weight is 380 g/mol. The van der Waals surface area contributed by atoms with Crippen molar-refractivity contribution in [3.63, 3.8) is 0 Å². The summed E-state index contributed by atoms with van der Waals surface area (Å²) in [5.74, 6) is -0.570. The van der Waals surface area contributed by atoms with Crippen LogP contribution in [0.4, 0.5) is 0 Å². The minimum Gasteiger partial charge on any atom is -0.267 e. The van der Waals surface area contributed by atoms with Crippen molar-refractivity contribution in [1.82, 2.24) is 19.4 Å². The molecule has 0 aliphatic rings. The maximum Gasteiger partial charge on any atom is 0.283 e. The summed E-state index contributed by atoms with van der Waals surface area (Å²) >= 11 is 11.9. The third-order valence-corrected chi connectivity index (χ3v) is 4.08. The predicted octanol–water partition coefficient (Wildman–Crippen LogP) is 3.04. The van der Waals surface area contributed by atoms with Gasteiger partial charge in [0.15, 0.2) is 5.65 Å². The lowest BCUT2D eigenvalue weighted by Crippen LogP contribution is -2.33. The Morgan fingerprint density at radius 1 is 1.24 bits per heavy atom. The first-order valence-corrected chi connectivity index (χ1v) is 8.16. The number of aromatic nitrogens is 4. The first-order chi connectivity index (χ1) is 11.7. The van der Waals surface area contributed by atoms with Crippen LogP contribution in [0.3, 0.4) is 0 Å². The Kier molecular flexibility index (Phi) is 4.30. The molecule has 25 heavy (non-hydrogen) atoms. The minimum atomic E-state index is -0.570. The summed E-state index contributed by atoms with van der Waals surface area (Å²) < 4.78 is 2.65. The van der Waals surface area contributed by atoms with E-state index in [2.05, 4.69) is 15.5 Å². The van der Waals surface area contributed by atoms with Crippen LogP contribution in [0.25, 0.3) is 11.0 Å². The molecular weight excluding hydrogens is 365 g/mol. The Hall–Kier alpha value is -2.38. The first kappa shape index (κ1) is 17.4. The van der Waals surface area contributed by atoms with E-state index in [-0.39, 0.29) is 16.1 Å². The topological polar surface area (TPSA) is 81.8 Å². The fraction of sp³-hybridized carbons (Fsp3) is 0.250. The van der Waals surface area contributed by atoms with Crippen LogP contribution in [-0.4, -0.2) is 25.3 Å². The highest BCUT2D eigenvalue weighted by Crippen LogP contribution is 2.21. The van der Waals surface area contributed by atoms with Crippen LogP contribution in [0.5, 0.6) is 0 Å². The van der Waals surface area contributed by atoms with Crippen LogP contribution < -0.4 is 11.0 Å². The number of hydrogen-bond donors (Lipinski definition) is 1. The number of nitrogens with zero attached hydrogens (tertiary/aromatic N) is 4. The summed E-state index contributed by atoms with van der Waals surface area (Å²) in [7, 11) is 0. The Labute approximate surface area is 153 Å². The molecule has 2 aromatic heterocycles. The van der Waals surface area contributed by atoms with Crippen LogP contribution in [-0.2, 0) is 5.54 Å². The molecule has 0 atom stereocenters. The fourth-order valence-corrected chi connectivity index (χ4v) is 2.70. The Balaban J connectivity index is 2.00. The summed E-state index contributed by atoms with van der Waals surface area (Å²) in [6.45, 7) is 5.86. The monoisotopic (exact) mass is 379 g/mol. The smallest absolute Gasteiger partial charge is 0.267 e. The maximum atomic E-state index is 12.6. The molecule has 1 N–H and O–H groups in total. The van der Waals surface area contributed by atoms with E-state index in [1.165, 1.54) is 24.7 Å². The van der Waals surface area contributed by atoms with Gasteiger partial charge in [-0.05, 0) is 39.0 Å². The zero-order valence-electron chi connectivity index (χ0n) is 13.7. The second-order valence-corrected chi connectivity index (χ2v) is 7.29. The van der Waals surface area contributed by atoms with Crippen molar-refractivity contribution in [2.24, 2.45) is 0 Å². The highest BCUT2D eigenvalue weighted by atomic mass is 35.5. The summed E-state index contributed by atoms with van der Waals surface area (Å²) in [4.78, 5) is 29.2. The van der Waals surface area contributed by atoms with E-state index in [0.717, 1.165) is 4.68 Å². The van der Waals surface area contributed by atoms with Gasteiger partial charge in [-0.3, -0.25) is 15.0 Å². The van der Waals surface area contributed by atoms with Crippen LogP contribution >= 0.6 is 23.2 Å². The Bertz CT molecular complexity index is 1030. The maximum absolute atomic E-state index is 12.6. The molecule has 3 aromatic rings. The van der Waals surface area contributed by atoms with Gasteiger partial charge in [-0.25, -0.2) is 14.3 Å². The number of hydrogen-bond acceptors (Lipinski definition) is 4. The molecule has 9 heteroatoms. The van der Waals surface area contributed by atoms with Gasteiger partial charge < -0.3 is 0 Å². The summed E-state index contributed by atoms with van der Waals surface area (Å²) in [6.07, 6.45) is 2.68. The van der Waals surface area contributed by atoms with Crippen molar-refractivity contribution < 1.29 is 4.79 Å². The molecule has 0 saturated heterocycles. The lowest BCUT2D eigenvalue weighted by Gasteiger charge is -2.19. The zero-order chi connectivity index (χ0) is 18.4. The molecule has 7 nitrogen and oxygen atoms in total. The van der Waals surface area contributed by atoms with Crippen LogP contribution in [0.2, 0.25) is 10.0 Å². The number of benzene rings is 1. The molecule has 0 unspecified atom stereocenters. The highest BCUT2D eigenvalue weighted by Gasteiger charge is 2.20. The highest BCUT2D eigenvalue weighted by molar-refractivity contribution is 6.36. The van der Waals surface area contributed by atoms with E-state index in [4.69, 9.17) is 23.2 Å². The largest absolute Gasteiger partial charge is 0.283 e. The van der Waals surface area contributed by atoms with E-state index < -0.39 is 11.5 Å². The third kappa shape index (κ3) is 3.25. The molecule has 3 rings (SSSR count). The van der Waals surface area contributed by atoms with Gasteiger partial charge in [0.25, 0.3) is 11.5 Å². The van der Waals surface area contributed by atoms with E-state index >= 15 is 0 Å². The van der Waals surface area contributed by atoms with Gasteiger partial charge in [0.1, 0.15) is 11.7 Å². The lowest BCUT2D eigenvalue weighted by molar-refractivity contribution is 0.101. The molecule has 0 saturated carbocycles. The van der Waals surface area contributed by atoms with Gasteiger partial charge in [-0.15, -0.1) is 0 Å². The molecule has 0 fully saturated rings. The van der Waals surface area contributed by atoms with Gasteiger partial charge in [-0.1, -0.05) is 23.2 Å². The van der Waals surface area contributed by atoms with Gasteiger partial charge in [0.2, 0.25) is 0 Å². The van der Waals surface area contributed by atoms with Crippen LogP contribution in [0.15, 0.2) is 35.5 Å². The molecule has 1 aromatic carbocycles. The normalized spacial score (nSPS) is 11.7. The van der Waals surface area contributed by atoms with E-state index in [1.807, 2.05) is 20.8 Å². The number of carbonyl (C=O) groups is 1. The molecule has 0 bridgehead atoms. The fourth-order valence-electron chi connectivity index (χ4n) is 2.32. The molecule has 0 aliphatic carbocycles. The third-order valence-electron chi connectivity index (χ3n) is 3.52. The lowest BCUT2D eigenvalue weighted by atomic mass is 10.1. The molecule has 0 aliphatic heterocycles. The summed E-state index contributed by atoms with van der Waals surface area (Å²) in [6, 6.07) is 4.51. The number of amides is 1. The van der Waals surface area contributed by atoms with Crippen molar-refractivity contribution in [3.8, 4) is 0 Å². The van der Waals surface area contributed by atoms with Gasteiger partial charge >= 0.3 is 0 Å². The van der Waals surface area contributed by atoms with Crippen LogP contribution in [0, 0.1) is 0 Å².